The SMILES string of the molecule is CCCCC1CNc2c(N)ccc(N)c2C1. The Morgan fingerprint density at radius 3 is 2.81 bits per heavy atom. The van der Waals surface area contributed by atoms with Gasteiger partial charge in [-0.05, 0) is 30.9 Å². The minimum atomic E-state index is 0.705. The zero-order valence-electron chi connectivity index (χ0n) is 9.92. The molecule has 3 heteroatoms. The van der Waals surface area contributed by atoms with Gasteiger partial charge in [0.15, 0.2) is 0 Å². The van der Waals surface area contributed by atoms with E-state index in [-0.39, 0.29) is 0 Å². The molecule has 0 fully saturated rings. The first kappa shape index (κ1) is 11.1. The van der Waals surface area contributed by atoms with Gasteiger partial charge in [0.05, 0.1) is 11.4 Å². The molecule has 1 aliphatic heterocycles. The van der Waals surface area contributed by atoms with Gasteiger partial charge in [0.1, 0.15) is 0 Å². The van der Waals surface area contributed by atoms with Crippen LogP contribution in [0.3, 0.4) is 0 Å². The van der Waals surface area contributed by atoms with E-state index in [1.165, 1.54) is 24.8 Å². The van der Waals surface area contributed by atoms with Crippen LogP contribution in [0.4, 0.5) is 17.1 Å². The minimum Gasteiger partial charge on any atom is -0.398 e. The van der Waals surface area contributed by atoms with Crippen molar-refractivity contribution in [1.29, 1.82) is 0 Å². The number of anilines is 3. The van der Waals surface area contributed by atoms with Crippen LogP contribution in [0, 0.1) is 5.92 Å². The van der Waals surface area contributed by atoms with Crippen LogP contribution in [0.15, 0.2) is 12.1 Å². The number of benzene rings is 1. The Morgan fingerprint density at radius 1 is 1.31 bits per heavy atom. The third-order valence-corrected chi connectivity index (χ3v) is 3.41. The summed E-state index contributed by atoms with van der Waals surface area (Å²) >= 11 is 0. The largest absolute Gasteiger partial charge is 0.398 e. The second-order valence-electron chi connectivity index (χ2n) is 4.69. The molecule has 2 rings (SSSR count). The first-order valence-corrected chi connectivity index (χ1v) is 6.13. The molecule has 3 nitrogen and oxygen atoms in total. The van der Waals surface area contributed by atoms with Crippen molar-refractivity contribution < 1.29 is 0 Å². The molecule has 0 saturated heterocycles. The maximum atomic E-state index is 6.01. The Kier molecular flexibility index (Phi) is 3.22. The van der Waals surface area contributed by atoms with Crippen LogP contribution >= 0.6 is 0 Å². The lowest BCUT2D eigenvalue weighted by atomic mass is 9.89. The number of hydrogen-bond donors (Lipinski definition) is 3. The van der Waals surface area contributed by atoms with Gasteiger partial charge in [0.2, 0.25) is 0 Å². The maximum Gasteiger partial charge on any atom is 0.0627 e. The molecular formula is C13H21N3. The van der Waals surface area contributed by atoms with Crippen LogP contribution in [0.2, 0.25) is 0 Å². The molecule has 0 amide bonds. The van der Waals surface area contributed by atoms with E-state index in [4.69, 9.17) is 11.5 Å². The van der Waals surface area contributed by atoms with E-state index in [2.05, 4.69) is 12.2 Å². The molecule has 1 unspecified atom stereocenters. The van der Waals surface area contributed by atoms with Crippen molar-refractivity contribution in [2.75, 3.05) is 23.3 Å². The van der Waals surface area contributed by atoms with Crippen molar-refractivity contribution >= 4 is 17.1 Å². The van der Waals surface area contributed by atoms with E-state index < -0.39 is 0 Å². The van der Waals surface area contributed by atoms with Gasteiger partial charge in [-0.25, -0.2) is 0 Å². The first-order valence-electron chi connectivity index (χ1n) is 6.13. The maximum absolute atomic E-state index is 6.01. The highest BCUT2D eigenvalue weighted by Crippen LogP contribution is 2.35. The number of fused-ring (bicyclic) bond motifs is 1. The van der Waals surface area contributed by atoms with Crippen molar-refractivity contribution in [2.45, 2.75) is 32.6 Å². The number of unbranched alkanes of at least 4 members (excludes halogenated alkanes) is 1. The average Bonchev–Trinajstić information content (AvgIpc) is 2.31. The molecule has 1 aliphatic rings. The van der Waals surface area contributed by atoms with E-state index >= 15 is 0 Å². The van der Waals surface area contributed by atoms with Crippen molar-refractivity contribution in [3.05, 3.63) is 17.7 Å². The Hall–Kier alpha value is -1.38. The molecule has 0 spiro atoms. The van der Waals surface area contributed by atoms with Crippen molar-refractivity contribution in [3.8, 4) is 0 Å². The number of nitrogens with two attached hydrogens (primary N) is 2. The Balaban J connectivity index is 2.16. The van der Waals surface area contributed by atoms with Gasteiger partial charge in [-0.2, -0.15) is 0 Å². The van der Waals surface area contributed by atoms with Gasteiger partial charge in [-0.3, -0.25) is 0 Å². The summed E-state index contributed by atoms with van der Waals surface area (Å²) in [6, 6.07) is 3.80. The highest BCUT2D eigenvalue weighted by Gasteiger charge is 2.21. The van der Waals surface area contributed by atoms with Gasteiger partial charge in [-0.1, -0.05) is 19.8 Å². The third kappa shape index (κ3) is 2.08. The molecule has 0 aromatic heterocycles. The van der Waals surface area contributed by atoms with Crippen LogP contribution in [0.5, 0.6) is 0 Å². The predicted molar refractivity (Wildman–Crippen MR) is 70.5 cm³/mol. The van der Waals surface area contributed by atoms with E-state index in [1.54, 1.807) is 0 Å². The fourth-order valence-corrected chi connectivity index (χ4v) is 2.41. The van der Waals surface area contributed by atoms with Gasteiger partial charge in [0, 0.05) is 17.8 Å². The number of rotatable bonds is 3. The smallest absolute Gasteiger partial charge is 0.0627 e. The van der Waals surface area contributed by atoms with Crippen LogP contribution < -0.4 is 16.8 Å². The van der Waals surface area contributed by atoms with E-state index in [1.807, 2.05) is 12.1 Å². The molecule has 16 heavy (non-hydrogen) atoms. The highest BCUT2D eigenvalue weighted by molar-refractivity contribution is 5.77. The molecule has 0 radical (unpaired) electrons. The Labute approximate surface area is 97.2 Å². The lowest BCUT2D eigenvalue weighted by molar-refractivity contribution is 0.475. The molecule has 1 aromatic rings. The van der Waals surface area contributed by atoms with Gasteiger partial charge in [-0.15, -0.1) is 0 Å². The lowest BCUT2D eigenvalue weighted by Crippen LogP contribution is -2.24. The molecule has 0 saturated carbocycles. The summed E-state index contributed by atoms with van der Waals surface area (Å²) in [4.78, 5) is 0. The van der Waals surface area contributed by atoms with Crippen LogP contribution in [0.1, 0.15) is 31.7 Å². The fourth-order valence-electron chi connectivity index (χ4n) is 2.41. The van der Waals surface area contributed by atoms with Gasteiger partial charge >= 0.3 is 0 Å². The summed E-state index contributed by atoms with van der Waals surface area (Å²) in [7, 11) is 0. The summed E-state index contributed by atoms with van der Waals surface area (Å²) in [5, 5.41) is 3.43. The van der Waals surface area contributed by atoms with E-state index in [0.29, 0.717) is 5.92 Å². The van der Waals surface area contributed by atoms with Crippen LogP contribution in [-0.4, -0.2) is 6.54 Å². The quantitative estimate of drug-likeness (QED) is 0.685. The average molecular weight is 219 g/mol. The highest BCUT2D eigenvalue weighted by atomic mass is 14.9. The van der Waals surface area contributed by atoms with Crippen molar-refractivity contribution in [1.82, 2.24) is 0 Å². The lowest BCUT2D eigenvalue weighted by Gasteiger charge is -2.28. The minimum absolute atomic E-state index is 0.705. The summed E-state index contributed by atoms with van der Waals surface area (Å²) in [5.74, 6) is 0.705. The number of hydrogen-bond acceptors (Lipinski definition) is 3. The summed E-state index contributed by atoms with van der Waals surface area (Å²) in [6.45, 7) is 3.26. The van der Waals surface area contributed by atoms with Crippen LogP contribution in [-0.2, 0) is 6.42 Å². The van der Waals surface area contributed by atoms with Gasteiger partial charge in [0.25, 0.3) is 0 Å². The zero-order valence-corrected chi connectivity index (χ0v) is 9.92. The van der Waals surface area contributed by atoms with E-state index in [0.717, 1.165) is 30.0 Å². The van der Waals surface area contributed by atoms with E-state index in [9.17, 15) is 0 Å². The topological polar surface area (TPSA) is 64.1 Å². The van der Waals surface area contributed by atoms with Crippen molar-refractivity contribution in [3.63, 3.8) is 0 Å². The molecule has 0 aliphatic carbocycles. The number of nitrogen functional groups attached to an aromatic ring is 2. The Bertz CT molecular complexity index is 374. The second-order valence-corrected chi connectivity index (χ2v) is 4.69. The predicted octanol–water partition coefficient (Wildman–Crippen LogP) is 2.63. The third-order valence-electron chi connectivity index (χ3n) is 3.41. The zero-order chi connectivity index (χ0) is 11.5. The fraction of sp³-hybridized carbons (Fsp3) is 0.538. The molecule has 1 heterocycles. The standard InChI is InChI=1S/C13H21N3/c1-2-3-4-9-7-10-11(14)5-6-12(15)13(10)16-8-9/h5-6,9,16H,2-4,7-8,14-15H2,1H3. The molecule has 1 aromatic carbocycles. The molecule has 1 atom stereocenters. The normalized spacial score (nSPS) is 18.9. The van der Waals surface area contributed by atoms with Crippen molar-refractivity contribution in [2.24, 2.45) is 5.92 Å². The summed E-state index contributed by atoms with van der Waals surface area (Å²) < 4.78 is 0. The molecule has 88 valence electrons. The summed E-state index contributed by atoms with van der Waals surface area (Å²) in [6.07, 6.45) is 4.90. The Morgan fingerprint density at radius 2 is 2.06 bits per heavy atom. The molecule has 5 N–H and O–H groups in total. The first-order chi connectivity index (χ1) is 7.72. The van der Waals surface area contributed by atoms with Crippen LogP contribution in [0.25, 0.3) is 0 Å². The van der Waals surface area contributed by atoms with Gasteiger partial charge < -0.3 is 16.8 Å². The molecule has 0 bridgehead atoms. The summed E-state index contributed by atoms with van der Waals surface area (Å²) in [5.41, 5.74) is 15.9. The monoisotopic (exact) mass is 219 g/mol. The molecular weight excluding hydrogens is 198 g/mol. The second kappa shape index (κ2) is 4.64. The number of nitrogens with one attached hydrogen (secondary N) is 1.